The van der Waals surface area contributed by atoms with Crippen LogP contribution in [0, 0.1) is 0 Å². The number of para-hydroxylation sites is 2. The highest BCUT2D eigenvalue weighted by Crippen LogP contribution is 2.28. The van der Waals surface area contributed by atoms with E-state index < -0.39 is 0 Å². The Morgan fingerprint density at radius 1 is 0.900 bits per heavy atom. The van der Waals surface area contributed by atoms with Crippen molar-refractivity contribution >= 4 is 44.4 Å². The van der Waals surface area contributed by atoms with Crippen molar-refractivity contribution in [2.45, 2.75) is 20.4 Å². The third-order valence-corrected chi connectivity index (χ3v) is 5.75. The Morgan fingerprint density at radius 3 is 2.13 bits per heavy atom. The number of nitrogens with zero attached hydrogens (tertiary/aromatic N) is 2. The van der Waals surface area contributed by atoms with Crippen molar-refractivity contribution in [3.8, 4) is 5.75 Å². The Hall–Kier alpha value is -2.92. The van der Waals surface area contributed by atoms with E-state index >= 15 is 0 Å². The summed E-state index contributed by atoms with van der Waals surface area (Å²) in [6.07, 6.45) is 0. The highest BCUT2D eigenvalue weighted by molar-refractivity contribution is 8.14. The molecule has 0 saturated heterocycles. The molecule has 0 aliphatic heterocycles. The molecule has 0 aliphatic rings. The van der Waals surface area contributed by atoms with E-state index in [2.05, 4.69) is 70.3 Å². The number of ether oxygens (including phenoxy) is 1. The molecule has 0 amide bonds. The molecule has 30 heavy (non-hydrogen) atoms. The lowest BCUT2D eigenvalue weighted by atomic mass is 10.2. The molecule has 0 radical (unpaired) electrons. The number of hydrogen-bond donors (Lipinski definition) is 1. The summed E-state index contributed by atoms with van der Waals surface area (Å²) in [5.74, 6) is 1.87. The zero-order valence-electron chi connectivity index (χ0n) is 17.5. The predicted molar refractivity (Wildman–Crippen MR) is 131 cm³/mol. The maximum atomic E-state index is 6.05. The quantitative estimate of drug-likeness (QED) is 0.279. The van der Waals surface area contributed by atoms with Gasteiger partial charge in [-0.05, 0) is 49.1 Å². The zero-order valence-corrected chi connectivity index (χ0v) is 18.3. The van der Waals surface area contributed by atoms with Gasteiger partial charge in [-0.15, -0.1) is 0 Å². The average molecular weight is 418 g/mol. The van der Waals surface area contributed by atoms with Gasteiger partial charge in [0, 0.05) is 34.0 Å². The van der Waals surface area contributed by atoms with Crippen LogP contribution in [-0.2, 0) is 6.54 Å². The van der Waals surface area contributed by atoms with Crippen LogP contribution in [0.4, 0.5) is 5.69 Å². The van der Waals surface area contributed by atoms with Gasteiger partial charge >= 0.3 is 0 Å². The molecule has 4 nitrogen and oxygen atoms in total. The zero-order chi connectivity index (χ0) is 20.8. The first-order valence-electron chi connectivity index (χ1n) is 10.4. The number of anilines is 1. The maximum absolute atomic E-state index is 6.05. The molecule has 5 heteroatoms. The maximum Gasteiger partial charge on any atom is 0.161 e. The number of nitrogens with one attached hydrogen (secondary N) is 1. The van der Waals surface area contributed by atoms with Crippen molar-refractivity contribution in [2.75, 3.05) is 24.2 Å². The van der Waals surface area contributed by atoms with Gasteiger partial charge in [-0.3, -0.25) is 4.99 Å². The minimum absolute atomic E-state index is 0.615. The van der Waals surface area contributed by atoms with Crippen molar-refractivity contribution in [3.05, 3.63) is 72.8 Å². The summed E-state index contributed by atoms with van der Waals surface area (Å²) in [5.41, 5.74) is 3.52. The highest BCUT2D eigenvalue weighted by atomic mass is 32.2. The molecule has 4 aromatic rings. The van der Waals surface area contributed by atoms with Gasteiger partial charge in [-0.1, -0.05) is 55.1 Å². The fourth-order valence-electron chi connectivity index (χ4n) is 3.66. The fraction of sp³-hybridized carbons (Fsp3) is 0.240. The number of aliphatic imine (C=N–C) groups is 1. The lowest BCUT2D eigenvalue weighted by Crippen LogP contribution is -2.09. The van der Waals surface area contributed by atoms with E-state index in [1.165, 1.54) is 21.8 Å². The Morgan fingerprint density at radius 2 is 1.53 bits per heavy atom. The van der Waals surface area contributed by atoms with Gasteiger partial charge in [0.2, 0.25) is 0 Å². The van der Waals surface area contributed by atoms with Crippen LogP contribution in [0.15, 0.2) is 77.8 Å². The molecule has 0 spiro atoms. The third-order valence-electron chi connectivity index (χ3n) is 4.95. The van der Waals surface area contributed by atoms with Crippen LogP contribution >= 0.6 is 11.8 Å². The second-order valence-corrected chi connectivity index (χ2v) is 8.15. The minimum atomic E-state index is 0.615. The number of benzene rings is 3. The molecule has 0 unspecified atom stereocenters. The summed E-state index contributed by atoms with van der Waals surface area (Å²) in [5, 5.41) is 6.92. The van der Waals surface area contributed by atoms with Crippen LogP contribution in [0.5, 0.6) is 5.75 Å². The molecule has 0 bridgehead atoms. The fourth-order valence-corrected chi connectivity index (χ4v) is 4.34. The van der Waals surface area contributed by atoms with Crippen LogP contribution < -0.4 is 10.1 Å². The second kappa shape index (κ2) is 9.72. The molecular formula is C25H27N3OS. The first-order chi connectivity index (χ1) is 14.8. The van der Waals surface area contributed by atoms with Crippen LogP contribution in [0.25, 0.3) is 21.8 Å². The van der Waals surface area contributed by atoms with Crippen molar-refractivity contribution in [1.82, 2.24) is 4.57 Å². The molecule has 0 aliphatic carbocycles. The van der Waals surface area contributed by atoms with Crippen LogP contribution in [0.2, 0.25) is 0 Å². The topological polar surface area (TPSA) is 38.6 Å². The normalized spacial score (nSPS) is 11.9. The lowest BCUT2D eigenvalue weighted by Gasteiger charge is -2.11. The monoisotopic (exact) mass is 417 g/mol. The van der Waals surface area contributed by atoms with Gasteiger partial charge in [0.25, 0.3) is 0 Å². The van der Waals surface area contributed by atoms with Crippen molar-refractivity contribution < 1.29 is 4.74 Å². The average Bonchev–Trinajstić information content (AvgIpc) is 3.09. The van der Waals surface area contributed by atoms with Crippen LogP contribution in [0.3, 0.4) is 0 Å². The Bertz CT molecular complexity index is 1090. The summed E-state index contributed by atoms with van der Waals surface area (Å²) >= 11 is 1.72. The van der Waals surface area contributed by atoms with Gasteiger partial charge < -0.3 is 14.6 Å². The SMILES string of the molecule is CCN=C(Nc1ccc(OCCn2c3ccccc3c3ccccc32)cc1)SCC. The van der Waals surface area contributed by atoms with E-state index in [1.807, 2.05) is 31.2 Å². The molecule has 1 aromatic heterocycles. The van der Waals surface area contributed by atoms with Crippen LogP contribution in [-0.4, -0.2) is 28.6 Å². The Balaban J connectivity index is 1.43. The summed E-state index contributed by atoms with van der Waals surface area (Å²) in [4.78, 5) is 4.49. The first kappa shape index (κ1) is 20.4. The van der Waals surface area contributed by atoms with Gasteiger partial charge in [0.1, 0.15) is 12.4 Å². The van der Waals surface area contributed by atoms with Gasteiger partial charge in [0.05, 0.1) is 6.54 Å². The second-order valence-electron chi connectivity index (χ2n) is 6.90. The molecule has 154 valence electrons. The van der Waals surface area contributed by atoms with Gasteiger partial charge in [-0.25, -0.2) is 0 Å². The van der Waals surface area contributed by atoms with E-state index in [1.54, 1.807) is 11.8 Å². The van der Waals surface area contributed by atoms with E-state index in [0.717, 1.165) is 35.4 Å². The van der Waals surface area contributed by atoms with Crippen LogP contribution in [0.1, 0.15) is 13.8 Å². The first-order valence-corrected chi connectivity index (χ1v) is 11.4. The molecule has 3 aromatic carbocycles. The van der Waals surface area contributed by atoms with E-state index in [-0.39, 0.29) is 0 Å². The van der Waals surface area contributed by atoms with E-state index in [9.17, 15) is 0 Å². The standard InChI is InChI=1S/C25H27N3OS/c1-3-26-25(30-4-2)27-19-13-15-20(16-14-19)29-18-17-28-23-11-7-5-9-21(23)22-10-6-8-12-24(22)28/h5-16H,3-4,17-18H2,1-2H3,(H,26,27). The lowest BCUT2D eigenvalue weighted by molar-refractivity contribution is 0.302. The smallest absolute Gasteiger partial charge is 0.161 e. The molecular weight excluding hydrogens is 390 g/mol. The van der Waals surface area contributed by atoms with Crippen molar-refractivity contribution in [3.63, 3.8) is 0 Å². The molecule has 0 saturated carbocycles. The Labute approximate surface area is 182 Å². The molecule has 0 fully saturated rings. The third kappa shape index (κ3) is 4.46. The minimum Gasteiger partial charge on any atom is -0.492 e. The number of thioether (sulfide) groups is 1. The van der Waals surface area contributed by atoms with E-state index in [0.29, 0.717) is 6.61 Å². The number of hydrogen-bond acceptors (Lipinski definition) is 3. The van der Waals surface area contributed by atoms with Crippen molar-refractivity contribution in [2.24, 2.45) is 4.99 Å². The van der Waals surface area contributed by atoms with Gasteiger partial charge in [-0.2, -0.15) is 0 Å². The Kier molecular flexibility index (Phi) is 6.60. The summed E-state index contributed by atoms with van der Waals surface area (Å²) in [7, 11) is 0. The molecule has 1 N–H and O–H groups in total. The number of amidine groups is 1. The molecule has 1 heterocycles. The number of fused-ring (bicyclic) bond motifs is 3. The van der Waals surface area contributed by atoms with E-state index in [4.69, 9.17) is 4.74 Å². The molecule has 0 atom stereocenters. The highest BCUT2D eigenvalue weighted by Gasteiger charge is 2.09. The number of rotatable bonds is 7. The summed E-state index contributed by atoms with van der Waals surface area (Å²) in [6, 6.07) is 25.2. The summed E-state index contributed by atoms with van der Waals surface area (Å²) < 4.78 is 8.39. The predicted octanol–water partition coefficient (Wildman–Crippen LogP) is 6.41. The van der Waals surface area contributed by atoms with Gasteiger partial charge in [0.15, 0.2) is 5.17 Å². The van der Waals surface area contributed by atoms with Crippen molar-refractivity contribution in [1.29, 1.82) is 0 Å². The largest absolute Gasteiger partial charge is 0.492 e. The number of aromatic nitrogens is 1. The summed E-state index contributed by atoms with van der Waals surface area (Å²) in [6.45, 7) is 6.37. The molecule has 4 rings (SSSR count).